The van der Waals surface area contributed by atoms with E-state index in [9.17, 15) is 28.2 Å². The van der Waals surface area contributed by atoms with Crippen LogP contribution >= 0.6 is 0 Å². The number of rotatable bonds is 12. The molecule has 0 atom stereocenters. The number of nitrogens with one attached hydrogen (secondary N) is 1. The monoisotopic (exact) mass is 974 g/mol. The summed E-state index contributed by atoms with van der Waals surface area (Å²) in [6, 6.07) is 51.9. The molecule has 0 amide bonds. The highest BCUT2D eigenvalue weighted by Gasteiger charge is 2.30. The van der Waals surface area contributed by atoms with E-state index in [0.29, 0.717) is 45.3 Å². The summed E-state index contributed by atoms with van der Waals surface area (Å²) in [6.45, 7) is 1.86. The molecule has 0 spiro atoms. The molecule has 17 heteroatoms. The Morgan fingerprint density at radius 1 is 0.556 bits per heavy atom. The van der Waals surface area contributed by atoms with E-state index >= 15 is 0 Å². The summed E-state index contributed by atoms with van der Waals surface area (Å²) in [7, 11) is -4.14. The molecule has 11 aromatic rings. The second-order valence-corrected chi connectivity index (χ2v) is 18.2. The minimum atomic E-state index is -4.14. The number of phenols is 2. The number of aromatic nitrogens is 6. The predicted molar refractivity (Wildman–Crippen MR) is 273 cm³/mol. The molecule has 16 nitrogen and oxygen atoms in total. The highest BCUT2D eigenvalue weighted by molar-refractivity contribution is 7.90. The second-order valence-electron chi connectivity index (χ2n) is 16.4. The van der Waals surface area contributed by atoms with Gasteiger partial charge in [-0.3, -0.25) is 9.59 Å². The van der Waals surface area contributed by atoms with Crippen molar-refractivity contribution in [2.24, 2.45) is 0 Å². The van der Waals surface area contributed by atoms with Crippen molar-refractivity contribution in [3.8, 4) is 45.9 Å². The number of para-hydroxylation sites is 4. The number of ether oxygens (including phenoxy) is 2. The molecule has 0 bridgehead atoms. The third-order valence-corrected chi connectivity index (χ3v) is 13.4. The molecule has 0 aliphatic heterocycles. The van der Waals surface area contributed by atoms with Gasteiger partial charge in [-0.15, -0.1) is 0 Å². The van der Waals surface area contributed by atoms with Crippen LogP contribution in [0.25, 0.3) is 33.2 Å². The first kappa shape index (κ1) is 45.9. The minimum absolute atomic E-state index is 0.0165. The molecule has 4 heterocycles. The SMILES string of the molecule is Cc1ccc(S(=O)(=O)n2c(C(=O)c3cnn(-c4ccc(Oc5ccccc5)cc4O)c3N)cc3ccccc32)cc1.Nc1c(C(=O)c2cc3ccccc3[nH]2)cnn1-c1ccc(Oc2ccccc2)cc1O. The Kier molecular flexibility index (Phi) is 12.0. The van der Waals surface area contributed by atoms with Gasteiger partial charge >= 0.3 is 0 Å². The molecule has 7 N–H and O–H groups in total. The topological polar surface area (TPSA) is 236 Å². The van der Waals surface area contributed by atoms with E-state index in [1.54, 1.807) is 78.9 Å². The van der Waals surface area contributed by atoms with Crippen molar-refractivity contribution in [3.05, 3.63) is 222 Å². The molecule has 0 saturated heterocycles. The third kappa shape index (κ3) is 8.85. The number of phenolic OH excluding ortho intramolecular Hbond substituents is 2. The van der Waals surface area contributed by atoms with E-state index in [0.717, 1.165) is 20.4 Å². The number of hydrogen-bond acceptors (Lipinski definition) is 12. The molecule has 0 radical (unpaired) electrons. The first-order chi connectivity index (χ1) is 34.8. The number of carbonyl (C=O) groups excluding carboxylic acids is 2. The summed E-state index contributed by atoms with van der Waals surface area (Å²) < 4.78 is 42.7. The highest BCUT2D eigenvalue weighted by atomic mass is 32.2. The van der Waals surface area contributed by atoms with Gasteiger partial charge in [0.2, 0.25) is 11.6 Å². The Hall–Kier alpha value is -9.87. The van der Waals surface area contributed by atoms with Gasteiger partial charge in [-0.25, -0.2) is 21.8 Å². The van der Waals surface area contributed by atoms with Crippen molar-refractivity contribution >= 4 is 55.0 Å². The third-order valence-electron chi connectivity index (χ3n) is 11.6. The molecule has 72 heavy (non-hydrogen) atoms. The predicted octanol–water partition coefficient (Wildman–Crippen LogP) is 10.3. The molecule has 0 fully saturated rings. The van der Waals surface area contributed by atoms with Crippen LogP contribution < -0.4 is 20.9 Å². The lowest BCUT2D eigenvalue weighted by Gasteiger charge is -2.12. The van der Waals surface area contributed by atoms with Gasteiger partial charge in [0, 0.05) is 28.4 Å². The zero-order chi connectivity index (χ0) is 50.1. The fourth-order valence-corrected chi connectivity index (χ4v) is 9.54. The summed E-state index contributed by atoms with van der Waals surface area (Å²) >= 11 is 0. The molecule has 356 valence electrons. The van der Waals surface area contributed by atoms with E-state index < -0.39 is 15.8 Å². The van der Waals surface area contributed by atoms with Gasteiger partial charge in [-0.1, -0.05) is 90.5 Å². The Bertz CT molecular complexity index is 3910. The number of ketones is 2. The number of carbonyl (C=O) groups is 2. The average Bonchev–Trinajstić information content (AvgIpc) is 4.19. The molecule has 7 aromatic carbocycles. The van der Waals surface area contributed by atoms with Crippen LogP contribution in [-0.4, -0.2) is 58.7 Å². The van der Waals surface area contributed by atoms with Crippen LogP contribution in [0.1, 0.15) is 37.7 Å². The first-order valence-corrected chi connectivity index (χ1v) is 23.7. The van der Waals surface area contributed by atoms with Crippen LogP contribution in [0.2, 0.25) is 0 Å². The largest absolute Gasteiger partial charge is 0.506 e. The van der Waals surface area contributed by atoms with Crippen LogP contribution in [0.3, 0.4) is 0 Å². The number of aromatic hydroxyl groups is 2. The van der Waals surface area contributed by atoms with Crippen molar-refractivity contribution in [2.75, 3.05) is 11.5 Å². The normalized spacial score (nSPS) is 11.3. The summed E-state index contributed by atoms with van der Waals surface area (Å²) in [5, 5.41) is 31.2. The molecule has 0 aliphatic carbocycles. The Morgan fingerprint density at radius 3 is 1.60 bits per heavy atom. The number of nitrogens with zero attached hydrogens (tertiary/aromatic N) is 5. The summed E-state index contributed by atoms with van der Waals surface area (Å²) in [6.07, 6.45) is 2.66. The average molecular weight is 975 g/mol. The maximum absolute atomic E-state index is 13.9. The van der Waals surface area contributed by atoms with Gasteiger partial charge < -0.3 is 36.1 Å². The van der Waals surface area contributed by atoms with Gasteiger partial charge in [0.1, 0.15) is 63.2 Å². The van der Waals surface area contributed by atoms with Crippen molar-refractivity contribution in [1.82, 2.24) is 28.5 Å². The zero-order valence-corrected chi connectivity index (χ0v) is 38.9. The molecule has 4 aromatic heterocycles. The van der Waals surface area contributed by atoms with Gasteiger partial charge in [0.15, 0.2) is 0 Å². The molecule has 0 unspecified atom stereocenters. The van der Waals surface area contributed by atoms with E-state index in [-0.39, 0.29) is 56.3 Å². The maximum Gasteiger partial charge on any atom is 0.268 e. The van der Waals surface area contributed by atoms with Gasteiger partial charge in [0.05, 0.1) is 39.6 Å². The molecule has 0 saturated carbocycles. The maximum atomic E-state index is 13.9. The number of hydrogen-bond donors (Lipinski definition) is 5. The zero-order valence-electron chi connectivity index (χ0n) is 38.1. The Morgan fingerprint density at radius 2 is 1.06 bits per heavy atom. The van der Waals surface area contributed by atoms with Crippen LogP contribution in [-0.2, 0) is 10.0 Å². The molecular weight excluding hydrogens is 933 g/mol. The van der Waals surface area contributed by atoms with Crippen molar-refractivity contribution < 1.29 is 37.7 Å². The number of anilines is 2. The van der Waals surface area contributed by atoms with Crippen LogP contribution in [0.4, 0.5) is 11.6 Å². The Balaban J connectivity index is 0.000000172. The van der Waals surface area contributed by atoms with Crippen LogP contribution in [0, 0.1) is 6.92 Å². The van der Waals surface area contributed by atoms with Crippen molar-refractivity contribution in [1.29, 1.82) is 0 Å². The quantitative estimate of drug-likeness (QED) is 0.0719. The number of aryl methyl sites for hydroxylation is 1. The second kappa shape index (κ2) is 18.9. The fraction of sp³-hybridized carbons (Fsp3) is 0.0182. The highest BCUT2D eigenvalue weighted by Crippen LogP contribution is 2.35. The van der Waals surface area contributed by atoms with Gasteiger partial charge in [-0.05, 0) is 91.9 Å². The lowest BCUT2D eigenvalue weighted by atomic mass is 10.1. The lowest BCUT2D eigenvalue weighted by Crippen LogP contribution is -2.19. The number of H-pyrrole nitrogens is 1. The lowest BCUT2D eigenvalue weighted by molar-refractivity contribution is 0.102. The Labute approximate surface area is 411 Å². The van der Waals surface area contributed by atoms with Crippen LogP contribution in [0.5, 0.6) is 34.5 Å². The van der Waals surface area contributed by atoms with E-state index in [4.69, 9.17) is 20.9 Å². The fourth-order valence-electron chi connectivity index (χ4n) is 8.03. The van der Waals surface area contributed by atoms with E-state index in [1.165, 1.54) is 52.1 Å². The van der Waals surface area contributed by atoms with E-state index in [1.807, 2.05) is 79.7 Å². The van der Waals surface area contributed by atoms with Gasteiger partial charge in [0.25, 0.3) is 10.0 Å². The smallest absolute Gasteiger partial charge is 0.268 e. The summed E-state index contributed by atoms with van der Waals surface area (Å²) in [5.41, 5.74) is 15.8. The minimum Gasteiger partial charge on any atom is -0.506 e. The summed E-state index contributed by atoms with van der Waals surface area (Å²) in [5.74, 6) is 1.02. The molecule has 11 rings (SSSR count). The molecular formula is C55H42N8O8S. The molecule has 0 aliphatic rings. The van der Waals surface area contributed by atoms with Crippen LogP contribution in [0.15, 0.2) is 199 Å². The number of benzene rings is 7. The van der Waals surface area contributed by atoms with Crippen molar-refractivity contribution in [2.45, 2.75) is 11.8 Å². The summed E-state index contributed by atoms with van der Waals surface area (Å²) in [4.78, 5) is 30.0. The van der Waals surface area contributed by atoms with Gasteiger partial charge in [-0.2, -0.15) is 10.2 Å². The number of fused-ring (bicyclic) bond motifs is 2. The number of aromatic amines is 1. The standard InChI is InChI=1S/C31H24N4O5S.C24H18N4O3/c1-20-11-14-24(15-12-20)41(38,39)35-26-10-6-5-7-21(26)17-28(35)30(37)25-19-33-34(31(25)32)27-16-13-23(18-29(27)36)40-22-8-3-2-4-9-22;25-24-18(23(30)20-12-15-6-4-5-9-19(15)27-20)14-26-28(24)21-11-10-17(13-22(21)29)31-16-7-2-1-3-8-16/h2-19,36H,32H2,1H3;1-14,27,29H,25H2. The van der Waals surface area contributed by atoms with Crippen molar-refractivity contribution in [3.63, 3.8) is 0 Å². The number of nitrogens with two attached hydrogens (primary N) is 2. The number of nitrogen functional groups attached to an aromatic ring is 2. The first-order valence-electron chi connectivity index (χ1n) is 22.2. The van der Waals surface area contributed by atoms with E-state index in [2.05, 4.69) is 15.2 Å².